The normalized spacial score (nSPS) is 23.0. The van der Waals surface area contributed by atoms with E-state index in [1.165, 1.54) is 25.7 Å². The molecule has 6 heteroatoms. The molecule has 2 atom stereocenters. The number of aliphatic imine (C=N–C) groups is 1. The third-order valence-corrected chi connectivity index (χ3v) is 5.30. The zero-order valence-electron chi connectivity index (χ0n) is 15.2. The molecule has 2 unspecified atom stereocenters. The highest BCUT2D eigenvalue weighted by molar-refractivity contribution is 14.0. The van der Waals surface area contributed by atoms with Crippen LogP contribution in [0.25, 0.3) is 0 Å². The van der Waals surface area contributed by atoms with Crippen LogP contribution in [0.5, 0.6) is 11.5 Å². The van der Waals surface area contributed by atoms with Gasteiger partial charge in [0, 0.05) is 25.2 Å². The van der Waals surface area contributed by atoms with Crippen LogP contribution in [0, 0.1) is 11.8 Å². The van der Waals surface area contributed by atoms with Crippen LogP contribution in [0.1, 0.15) is 38.2 Å². The molecule has 0 amide bonds. The lowest BCUT2D eigenvalue weighted by Gasteiger charge is -2.22. The molecule has 1 aromatic carbocycles. The summed E-state index contributed by atoms with van der Waals surface area (Å²) < 4.78 is 5.24. The summed E-state index contributed by atoms with van der Waals surface area (Å²) in [6.07, 6.45) is 5.47. The van der Waals surface area contributed by atoms with E-state index < -0.39 is 0 Å². The van der Waals surface area contributed by atoms with Crippen LogP contribution in [0.4, 0.5) is 0 Å². The molecule has 1 aromatic rings. The molecule has 0 spiro atoms. The van der Waals surface area contributed by atoms with Crippen LogP contribution in [-0.4, -0.2) is 42.7 Å². The number of hydrogen-bond donors (Lipinski definition) is 2. The minimum Gasteiger partial charge on any atom is -0.508 e. The highest BCUT2D eigenvalue weighted by Crippen LogP contribution is 2.36. The van der Waals surface area contributed by atoms with Crippen LogP contribution < -0.4 is 10.1 Å². The predicted octanol–water partition coefficient (Wildman–Crippen LogP) is 3.61. The smallest absolute Gasteiger partial charge is 0.194 e. The first-order chi connectivity index (χ1) is 11.7. The number of phenols is 1. The molecule has 0 radical (unpaired) electrons. The Balaban J connectivity index is 0.00000225. The summed E-state index contributed by atoms with van der Waals surface area (Å²) in [5.41, 5.74) is 0.793. The first-order valence-electron chi connectivity index (χ1n) is 9.10. The number of nitrogens with zero attached hydrogens (tertiary/aromatic N) is 2. The van der Waals surface area contributed by atoms with Crippen LogP contribution in [0.15, 0.2) is 23.2 Å². The molecule has 25 heavy (non-hydrogen) atoms. The van der Waals surface area contributed by atoms with Crippen molar-refractivity contribution < 1.29 is 9.84 Å². The summed E-state index contributed by atoms with van der Waals surface area (Å²) in [5.74, 6) is 3.63. The van der Waals surface area contributed by atoms with Crippen LogP contribution in [-0.2, 0) is 6.54 Å². The number of fused-ring (bicyclic) bond motifs is 1. The van der Waals surface area contributed by atoms with E-state index >= 15 is 0 Å². The van der Waals surface area contributed by atoms with Crippen LogP contribution in [0.2, 0.25) is 0 Å². The van der Waals surface area contributed by atoms with Crippen LogP contribution >= 0.6 is 24.0 Å². The van der Waals surface area contributed by atoms with Crippen molar-refractivity contribution >= 4 is 29.9 Å². The number of rotatable bonds is 4. The van der Waals surface area contributed by atoms with Gasteiger partial charge < -0.3 is 20.1 Å². The van der Waals surface area contributed by atoms with E-state index in [2.05, 4.69) is 17.1 Å². The van der Waals surface area contributed by atoms with Crippen molar-refractivity contribution in [3.8, 4) is 11.5 Å². The van der Waals surface area contributed by atoms with Crippen molar-refractivity contribution in [3.63, 3.8) is 0 Å². The molecular weight excluding hydrogens is 429 g/mol. The molecule has 2 fully saturated rings. The average molecular weight is 459 g/mol. The third kappa shape index (κ3) is 4.92. The fraction of sp³-hybridized carbons (Fsp3) is 0.632. The minimum atomic E-state index is 0. The summed E-state index contributed by atoms with van der Waals surface area (Å²) in [7, 11) is 1.63. The number of likely N-dealkylation sites (tertiary alicyclic amines) is 1. The molecule has 5 nitrogen and oxygen atoms in total. The lowest BCUT2D eigenvalue weighted by Crippen LogP contribution is -2.40. The first-order valence-corrected chi connectivity index (χ1v) is 9.10. The Morgan fingerprint density at radius 1 is 1.28 bits per heavy atom. The lowest BCUT2D eigenvalue weighted by molar-refractivity contribution is 0.299. The summed E-state index contributed by atoms with van der Waals surface area (Å²) >= 11 is 0. The molecule has 1 saturated heterocycles. The summed E-state index contributed by atoms with van der Waals surface area (Å²) in [4.78, 5) is 7.18. The van der Waals surface area contributed by atoms with Crippen molar-refractivity contribution in [2.45, 2.75) is 39.2 Å². The standard InChI is InChI=1S/C19H29N3O2.HI/c1-3-20-19(22-12-14-6-4-5-7-15(14)13-22)21-11-16-10-17(24-2)8-9-18(16)23;/h8-10,14-15,23H,3-7,11-13H2,1-2H3,(H,20,21);1H. The maximum atomic E-state index is 10.0. The molecule has 2 N–H and O–H groups in total. The molecule has 1 aliphatic carbocycles. The summed E-state index contributed by atoms with van der Waals surface area (Å²) in [5, 5.41) is 13.5. The number of guanidine groups is 1. The van der Waals surface area contributed by atoms with E-state index in [9.17, 15) is 5.11 Å². The molecule has 140 valence electrons. The molecule has 1 heterocycles. The fourth-order valence-electron chi connectivity index (χ4n) is 3.98. The topological polar surface area (TPSA) is 57.1 Å². The number of benzene rings is 1. The van der Waals surface area contributed by atoms with Gasteiger partial charge in [-0.1, -0.05) is 12.8 Å². The second kappa shape index (κ2) is 9.50. The molecular formula is C19H30IN3O2. The Kier molecular flexibility index (Phi) is 7.65. The van der Waals surface area contributed by atoms with Gasteiger partial charge in [-0.3, -0.25) is 0 Å². The molecule has 1 aliphatic heterocycles. The van der Waals surface area contributed by atoms with Gasteiger partial charge >= 0.3 is 0 Å². The van der Waals surface area contributed by atoms with Gasteiger partial charge in [-0.25, -0.2) is 4.99 Å². The van der Waals surface area contributed by atoms with Crippen molar-refractivity contribution in [1.29, 1.82) is 0 Å². The Labute approximate surface area is 167 Å². The average Bonchev–Trinajstić information content (AvgIpc) is 3.03. The number of aromatic hydroxyl groups is 1. The van der Waals surface area contributed by atoms with Crippen molar-refractivity contribution in [2.75, 3.05) is 26.7 Å². The van der Waals surface area contributed by atoms with Gasteiger partial charge in [0.25, 0.3) is 0 Å². The third-order valence-electron chi connectivity index (χ3n) is 5.30. The number of phenolic OH excluding ortho intramolecular Hbond substituents is 1. The predicted molar refractivity (Wildman–Crippen MR) is 112 cm³/mol. The maximum absolute atomic E-state index is 10.0. The molecule has 3 rings (SSSR count). The Hall–Kier alpha value is -1.18. The van der Waals surface area contributed by atoms with E-state index in [1.807, 2.05) is 6.07 Å². The highest BCUT2D eigenvalue weighted by Gasteiger charge is 2.35. The number of methoxy groups -OCH3 is 1. The van der Waals surface area contributed by atoms with Gasteiger partial charge in [0.05, 0.1) is 13.7 Å². The van der Waals surface area contributed by atoms with Crippen molar-refractivity contribution in [2.24, 2.45) is 16.8 Å². The molecule has 1 saturated carbocycles. The number of ether oxygens (including phenoxy) is 1. The second-order valence-electron chi connectivity index (χ2n) is 6.87. The minimum absolute atomic E-state index is 0. The summed E-state index contributed by atoms with van der Waals surface area (Å²) in [6.45, 7) is 5.63. The lowest BCUT2D eigenvalue weighted by atomic mass is 9.82. The number of halogens is 1. The molecule has 0 aromatic heterocycles. The van der Waals surface area contributed by atoms with Gasteiger partial charge in [0.1, 0.15) is 11.5 Å². The second-order valence-corrected chi connectivity index (χ2v) is 6.87. The van der Waals surface area contributed by atoms with E-state index in [0.717, 1.165) is 48.7 Å². The molecule has 2 aliphatic rings. The van der Waals surface area contributed by atoms with E-state index in [0.29, 0.717) is 6.54 Å². The van der Waals surface area contributed by atoms with Gasteiger partial charge in [-0.15, -0.1) is 24.0 Å². The van der Waals surface area contributed by atoms with Crippen molar-refractivity contribution in [1.82, 2.24) is 10.2 Å². The zero-order chi connectivity index (χ0) is 16.9. The maximum Gasteiger partial charge on any atom is 0.194 e. The number of hydrogen-bond acceptors (Lipinski definition) is 3. The van der Waals surface area contributed by atoms with Gasteiger partial charge in [0.15, 0.2) is 5.96 Å². The zero-order valence-corrected chi connectivity index (χ0v) is 17.5. The highest BCUT2D eigenvalue weighted by atomic mass is 127. The largest absolute Gasteiger partial charge is 0.508 e. The first kappa shape index (κ1) is 20.1. The monoisotopic (exact) mass is 459 g/mol. The number of nitrogens with one attached hydrogen (secondary N) is 1. The van der Waals surface area contributed by atoms with Gasteiger partial charge in [-0.05, 0) is 49.8 Å². The Morgan fingerprint density at radius 3 is 2.56 bits per heavy atom. The van der Waals surface area contributed by atoms with Crippen LogP contribution in [0.3, 0.4) is 0 Å². The van der Waals surface area contributed by atoms with E-state index in [4.69, 9.17) is 9.73 Å². The Morgan fingerprint density at radius 2 is 1.96 bits per heavy atom. The van der Waals surface area contributed by atoms with Gasteiger partial charge in [0.2, 0.25) is 0 Å². The van der Waals surface area contributed by atoms with Gasteiger partial charge in [-0.2, -0.15) is 0 Å². The van der Waals surface area contributed by atoms with E-state index in [1.54, 1.807) is 19.2 Å². The fourth-order valence-corrected chi connectivity index (χ4v) is 3.98. The quantitative estimate of drug-likeness (QED) is 0.411. The summed E-state index contributed by atoms with van der Waals surface area (Å²) in [6, 6.07) is 5.28. The SMILES string of the molecule is CCNC(=NCc1cc(OC)ccc1O)N1CC2CCCCC2C1.I. The van der Waals surface area contributed by atoms with E-state index in [-0.39, 0.29) is 29.7 Å². The molecule has 0 bridgehead atoms. The Bertz CT molecular complexity index is 580. The van der Waals surface area contributed by atoms with Crippen molar-refractivity contribution in [3.05, 3.63) is 23.8 Å².